The Labute approximate surface area is 70.4 Å². The first-order chi connectivity index (χ1) is 5.13. The van der Waals surface area contributed by atoms with Crippen molar-refractivity contribution in [3.63, 3.8) is 0 Å². The number of hydrogen-bond acceptors (Lipinski definition) is 2. The molecule has 0 radical (unpaired) electrons. The zero-order valence-corrected chi connectivity index (χ0v) is 7.39. The Morgan fingerprint density at radius 3 is 2.45 bits per heavy atom. The van der Waals surface area contributed by atoms with Gasteiger partial charge in [-0.15, -0.1) is 10.2 Å². The Balaban J connectivity index is 2.50. The highest BCUT2D eigenvalue weighted by molar-refractivity contribution is 6.28. The molecular weight excluding hydrogens is 162 g/mol. The van der Waals surface area contributed by atoms with Gasteiger partial charge in [-0.3, -0.25) is 4.57 Å². The van der Waals surface area contributed by atoms with Crippen LogP contribution in [0.25, 0.3) is 0 Å². The lowest BCUT2D eigenvalue weighted by molar-refractivity contribution is 0.517. The number of aryl methyl sites for hydroxylation is 1. The monoisotopic (exact) mass is 171 g/mol. The second-order valence-corrected chi connectivity index (χ2v) is 3.69. The lowest BCUT2D eigenvalue weighted by Gasteiger charge is -2.11. The van der Waals surface area contributed by atoms with E-state index in [1.54, 1.807) is 0 Å². The molecule has 0 saturated heterocycles. The molecule has 0 unspecified atom stereocenters. The summed E-state index contributed by atoms with van der Waals surface area (Å²) < 4.78 is 2.01. The third-order valence-electron chi connectivity index (χ3n) is 2.30. The minimum absolute atomic E-state index is 0.213. The van der Waals surface area contributed by atoms with Crippen LogP contribution in [0.3, 0.4) is 0 Å². The van der Waals surface area contributed by atoms with Gasteiger partial charge in [-0.1, -0.05) is 0 Å². The standard InChI is InChI=1S/C7H10ClN3/c1-5-9-10-6(8)11(5)7(2)3-4-7/h3-4H2,1-2H3. The third-order valence-corrected chi connectivity index (χ3v) is 2.54. The second kappa shape index (κ2) is 1.97. The Morgan fingerprint density at radius 1 is 1.45 bits per heavy atom. The Kier molecular flexibility index (Phi) is 1.27. The van der Waals surface area contributed by atoms with Crippen LogP contribution in [0.15, 0.2) is 0 Å². The fourth-order valence-electron chi connectivity index (χ4n) is 1.35. The highest BCUT2D eigenvalue weighted by atomic mass is 35.5. The van der Waals surface area contributed by atoms with Crippen LogP contribution in [0.5, 0.6) is 0 Å². The molecule has 1 aromatic heterocycles. The summed E-state index contributed by atoms with van der Waals surface area (Å²) in [6.45, 7) is 4.11. The lowest BCUT2D eigenvalue weighted by atomic mass is 10.3. The quantitative estimate of drug-likeness (QED) is 0.645. The summed E-state index contributed by atoms with van der Waals surface area (Å²) in [5.74, 6) is 0.912. The van der Waals surface area contributed by atoms with Crippen molar-refractivity contribution in [1.82, 2.24) is 14.8 Å². The largest absolute Gasteiger partial charge is 0.296 e. The smallest absolute Gasteiger partial charge is 0.225 e. The Morgan fingerprint density at radius 2 is 2.09 bits per heavy atom. The summed E-state index contributed by atoms with van der Waals surface area (Å²) in [7, 11) is 0. The van der Waals surface area contributed by atoms with Crippen molar-refractivity contribution < 1.29 is 0 Å². The van der Waals surface area contributed by atoms with Crippen molar-refractivity contribution in [3.8, 4) is 0 Å². The van der Waals surface area contributed by atoms with Gasteiger partial charge in [-0.05, 0) is 38.3 Å². The number of rotatable bonds is 1. The van der Waals surface area contributed by atoms with Crippen LogP contribution in [-0.2, 0) is 5.54 Å². The van der Waals surface area contributed by atoms with Crippen LogP contribution in [0.2, 0.25) is 5.28 Å². The van der Waals surface area contributed by atoms with Gasteiger partial charge in [0.15, 0.2) is 0 Å². The van der Waals surface area contributed by atoms with Crippen molar-refractivity contribution in [1.29, 1.82) is 0 Å². The Bertz CT molecular complexity index is 268. The topological polar surface area (TPSA) is 30.7 Å². The summed E-state index contributed by atoms with van der Waals surface area (Å²) >= 11 is 5.86. The zero-order valence-electron chi connectivity index (χ0n) is 6.63. The van der Waals surface area contributed by atoms with Crippen molar-refractivity contribution in [2.45, 2.75) is 32.2 Å². The van der Waals surface area contributed by atoms with Crippen LogP contribution in [0.1, 0.15) is 25.6 Å². The minimum Gasteiger partial charge on any atom is -0.296 e. The normalized spacial score (nSPS) is 20.3. The molecule has 1 saturated carbocycles. The predicted molar refractivity (Wildman–Crippen MR) is 42.7 cm³/mol. The maximum Gasteiger partial charge on any atom is 0.225 e. The summed E-state index contributed by atoms with van der Waals surface area (Å²) in [6.07, 6.45) is 2.37. The van der Waals surface area contributed by atoms with Crippen LogP contribution in [-0.4, -0.2) is 14.8 Å². The molecule has 4 heteroatoms. The van der Waals surface area contributed by atoms with Crippen LogP contribution in [0.4, 0.5) is 0 Å². The van der Waals surface area contributed by atoms with E-state index in [1.807, 2.05) is 11.5 Å². The first-order valence-electron chi connectivity index (χ1n) is 3.71. The van der Waals surface area contributed by atoms with E-state index in [0.29, 0.717) is 5.28 Å². The second-order valence-electron chi connectivity index (χ2n) is 3.35. The molecule has 60 valence electrons. The van der Waals surface area contributed by atoms with E-state index >= 15 is 0 Å². The van der Waals surface area contributed by atoms with Gasteiger partial charge in [0.25, 0.3) is 0 Å². The maximum atomic E-state index is 5.86. The van der Waals surface area contributed by atoms with Gasteiger partial charge in [-0.25, -0.2) is 0 Å². The van der Waals surface area contributed by atoms with Crippen LogP contribution >= 0.6 is 11.6 Å². The van der Waals surface area contributed by atoms with Gasteiger partial charge >= 0.3 is 0 Å². The third kappa shape index (κ3) is 0.948. The molecule has 0 aromatic carbocycles. The average Bonchev–Trinajstić information content (AvgIpc) is 2.56. The van der Waals surface area contributed by atoms with E-state index < -0.39 is 0 Å². The molecule has 0 atom stereocenters. The molecule has 1 heterocycles. The SMILES string of the molecule is Cc1nnc(Cl)n1C1(C)CC1. The van der Waals surface area contributed by atoms with Gasteiger partial charge < -0.3 is 0 Å². The van der Waals surface area contributed by atoms with E-state index in [2.05, 4.69) is 17.1 Å². The average molecular weight is 172 g/mol. The van der Waals surface area contributed by atoms with E-state index in [-0.39, 0.29) is 5.54 Å². The van der Waals surface area contributed by atoms with Crippen molar-refractivity contribution >= 4 is 11.6 Å². The molecule has 0 aliphatic heterocycles. The zero-order chi connectivity index (χ0) is 8.06. The van der Waals surface area contributed by atoms with Crippen molar-refractivity contribution in [3.05, 3.63) is 11.1 Å². The van der Waals surface area contributed by atoms with Crippen LogP contribution in [0, 0.1) is 6.92 Å². The van der Waals surface area contributed by atoms with Gasteiger partial charge in [0, 0.05) is 5.54 Å². The molecule has 1 aromatic rings. The molecular formula is C7H10ClN3. The van der Waals surface area contributed by atoms with Crippen molar-refractivity contribution in [2.75, 3.05) is 0 Å². The summed E-state index contributed by atoms with van der Waals surface area (Å²) in [5.41, 5.74) is 0.213. The number of hydrogen-bond donors (Lipinski definition) is 0. The maximum absolute atomic E-state index is 5.86. The Hall–Kier alpha value is -0.570. The first-order valence-corrected chi connectivity index (χ1v) is 4.09. The fraction of sp³-hybridized carbons (Fsp3) is 0.714. The highest BCUT2D eigenvalue weighted by Crippen LogP contribution is 2.44. The molecule has 1 aliphatic carbocycles. The first kappa shape index (κ1) is 7.10. The number of halogens is 1. The molecule has 0 bridgehead atoms. The summed E-state index contributed by atoms with van der Waals surface area (Å²) in [6, 6.07) is 0. The molecule has 0 N–H and O–H groups in total. The van der Waals surface area contributed by atoms with Gasteiger partial charge in [0.05, 0.1) is 0 Å². The lowest BCUT2D eigenvalue weighted by Crippen LogP contribution is -2.13. The van der Waals surface area contributed by atoms with E-state index in [0.717, 1.165) is 5.82 Å². The van der Waals surface area contributed by atoms with Gasteiger partial charge in [0.2, 0.25) is 5.28 Å². The minimum atomic E-state index is 0.213. The number of nitrogens with zero attached hydrogens (tertiary/aromatic N) is 3. The molecule has 1 fully saturated rings. The van der Waals surface area contributed by atoms with E-state index in [9.17, 15) is 0 Å². The highest BCUT2D eigenvalue weighted by Gasteiger charge is 2.41. The fourth-order valence-corrected chi connectivity index (χ4v) is 1.72. The van der Waals surface area contributed by atoms with Gasteiger partial charge in [0.1, 0.15) is 5.82 Å². The van der Waals surface area contributed by atoms with Crippen LogP contribution < -0.4 is 0 Å². The molecule has 1 aliphatic rings. The molecule has 11 heavy (non-hydrogen) atoms. The predicted octanol–water partition coefficient (Wildman–Crippen LogP) is 1.75. The summed E-state index contributed by atoms with van der Waals surface area (Å²) in [5, 5.41) is 8.22. The molecule has 0 amide bonds. The van der Waals surface area contributed by atoms with E-state index in [1.165, 1.54) is 12.8 Å². The summed E-state index contributed by atoms with van der Waals surface area (Å²) in [4.78, 5) is 0. The number of aromatic nitrogens is 3. The molecule has 2 rings (SSSR count). The van der Waals surface area contributed by atoms with E-state index in [4.69, 9.17) is 11.6 Å². The molecule has 3 nitrogen and oxygen atoms in total. The van der Waals surface area contributed by atoms with Gasteiger partial charge in [-0.2, -0.15) is 0 Å². The van der Waals surface area contributed by atoms with Crippen molar-refractivity contribution in [2.24, 2.45) is 0 Å². The molecule has 0 spiro atoms.